The summed E-state index contributed by atoms with van der Waals surface area (Å²) in [6.45, 7) is 0. The molecule has 0 unspecified atom stereocenters. The van der Waals surface area contributed by atoms with E-state index in [0.29, 0.717) is 22.3 Å². The molecule has 6 nitrogen and oxygen atoms in total. The standard InChI is InChI=1S/C21H23ClN4O2S2/c1-26(2)15-8-7-12(9-14(15)22)23-18(27)11-29-10-17-24-20(28)19-13-5-3-4-6-16(13)30-21(19)25-17/h7-9H,3-6,10-11H2,1-2H3,(H,23,27)(H,24,25,28). The van der Waals surface area contributed by atoms with Crippen LogP contribution >= 0.6 is 34.7 Å². The maximum absolute atomic E-state index is 12.6. The minimum atomic E-state index is -0.122. The number of aromatic amines is 1. The van der Waals surface area contributed by atoms with Gasteiger partial charge >= 0.3 is 0 Å². The number of nitrogens with zero attached hydrogens (tertiary/aromatic N) is 2. The first-order chi connectivity index (χ1) is 14.4. The Hall–Kier alpha value is -2.03. The highest BCUT2D eigenvalue weighted by Crippen LogP contribution is 2.33. The lowest BCUT2D eigenvalue weighted by atomic mass is 9.97. The number of hydrogen-bond acceptors (Lipinski definition) is 6. The van der Waals surface area contributed by atoms with E-state index >= 15 is 0 Å². The van der Waals surface area contributed by atoms with Crippen molar-refractivity contribution in [3.63, 3.8) is 0 Å². The molecule has 158 valence electrons. The van der Waals surface area contributed by atoms with Crippen molar-refractivity contribution in [1.29, 1.82) is 0 Å². The van der Waals surface area contributed by atoms with Crippen LogP contribution in [0.5, 0.6) is 0 Å². The van der Waals surface area contributed by atoms with Crippen LogP contribution in [-0.2, 0) is 23.4 Å². The first-order valence-corrected chi connectivity index (χ1v) is 12.1. The fourth-order valence-electron chi connectivity index (χ4n) is 3.66. The van der Waals surface area contributed by atoms with E-state index in [1.807, 2.05) is 31.1 Å². The third-order valence-corrected chi connectivity index (χ3v) is 7.49. The van der Waals surface area contributed by atoms with Crippen LogP contribution in [0.2, 0.25) is 5.02 Å². The molecule has 0 saturated carbocycles. The Morgan fingerprint density at radius 1 is 1.33 bits per heavy atom. The molecule has 2 heterocycles. The smallest absolute Gasteiger partial charge is 0.259 e. The fourth-order valence-corrected chi connectivity index (χ4v) is 5.98. The highest BCUT2D eigenvalue weighted by molar-refractivity contribution is 7.99. The zero-order chi connectivity index (χ0) is 21.3. The molecule has 0 bridgehead atoms. The molecule has 30 heavy (non-hydrogen) atoms. The van der Waals surface area contributed by atoms with Crippen LogP contribution in [0.4, 0.5) is 11.4 Å². The summed E-state index contributed by atoms with van der Waals surface area (Å²) in [6, 6.07) is 5.44. The predicted molar refractivity (Wildman–Crippen MR) is 127 cm³/mol. The summed E-state index contributed by atoms with van der Waals surface area (Å²) < 4.78 is 0. The highest BCUT2D eigenvalue weighted by atomic mass is 35.5. The number of benzene rings is 1. The number of aromatic nitrogens is 2. The van der Waals surface area contributed by atoms with Crippen LogP contribution in [0, 0.1) is 0 Å². The lowest BCUT2D eigenvalue weighted by Gasteiger charge is -2.15. The van der Waals surface area contributed by atoms with Crippen LogP contribution < -0.4 is 15.8 Å². The largest absolute Gasteiger partial charge is 0.376 e. The maximum atomic E-state index is 12.6. The lowest BCUT2D eigenvalue weighted by Crippen LogP contribution is -2.16. The third kappa shape index (κ3) is 4.50. The molecule has 0 radical (unpaired) electrons. The monoisotopic (exact) mass is 462 g/mol. The molecule has 9 heteroatoms. The van der Waals surface area contributed by atoms with Crippen molar-refractivity contribution in [2.24, 2.45) is 0 Å². The molecule has 0 aliphatic heterocycles. The van der Waals surface area contributed by atoms with Gasteiger partial charge in [-0.1, -0.05) is 11.6 Å². The zero-order valence-corrected chi connectivity index (χ0v) is 19.3. The summed E-state index contributed by atoms with van der Waals surface area (Å²) >= 11 is 9.31. The van der Waals surface area contributed by atoms with Crippen molar-refractivity contribution < 1.29 is 4.79 Å². The van der Waals surface area contributed by atoms with Crippen molar-refractivity contribution in [2.75, 3.05) is 30.1 Å². The first-order valence-electron chi connectivity index (χ1n) is 9.80. The Morgan fingerprint density at radius 2 is 2.13 bits per heavy atom. The zero-order valence-electron chi connectivity index (χ0n) is 16.9. The van der Waals surface area contributed by atoms with Gasteiger partial charge in [0.1, 0.15) is 10.7 Å². The topological polar surface area (TPSA) is 78.1 Å². The molecule has 4 rings (SSSR count). The molecule has 2 N–H and O–H groups in total. The highest BCUT2D eigenvalue weighted by Gasteiger charge is 2.19. The van der Waals surface area contributed by atoms with Crippen LogP contribution in [-0.4, -0.2) is 35.7 Å². The number of rotatable bonds is 6. The lowest BCUT2D eigenvalue weighted by molar-refractivity contribution is -0.113. The van der Waals surface area contributed by atoms with Crippen molar-refractivity contribution in [2.45, 2.75) is 31.4 Å². The molecule has 1 aliphatic carbocycles. The van der Waals surface area contributed by atoms with E-state index in [2.05, 4.69) is 15.3 Å². The number of halogens is 1. The molecule has 1 aromatic carbocycles. The number of hydrogen-bond donors (Lipinski definition) is 2. The van der Waals surface area contributed by atoms with Gasteiger partial charge in [-0.2, -0.15) is 0 Å². The van der Waals surface area contributed by atoms with Gasteiger partial charge in [0.2, 0.25) is 5.91 Å². The number of carbonyl (C=O) groups is 1. The van der Waals surface area contributed by atoms with E-state index in [1.54, 1.807) is 17.4 Å². The van der Waals surface area contributed by atoms with Gasteiger partial charge in [0, 0.05) is 24.7 Å². The van der Waals surface area contributed by atoms with Gasteiger partial charge < -0.3 is 15.2 Å². The minimum Gasteiger partial charge on any atom is -0.376 e. The normalized spacial score (nSPS) is 13.3. The fraction of sp³-hybridized carbons (Fsp3) is 0.381. The first kappa shape index (κ1) is 21.2. The van der Waals surface area contributed by atoms with Gasteiger partial charge in [-0.05, 0) is 49.4 Å². The van der Waals surface area contributed by atoms with Gasteiger partial charge in [-0.3, -0.25) is 9.59 Å². The Labute approximate surface area is 188 Å². The Balaban J connectivity index is 1.37. The van der Waals surface area contributed by atoms with E-state index in [0.717, 1.165) is 35.2 Å². The minimum absolute atomic E-state index is 0.0601. The average molecular weight is 463 g/mol. The number of amides is 1. The van der Waals surface area contributed by atoms with E-state index in [-0.39, 0.29) is 17.2 Å². The number of H-pyrrole nitrogens is 1. The Morgan fingerprint density at radius 3 is 2.90 bits per heavy atom. The molecular weight excluding hydrogens is 440 g/mol. The van der Waals surface area contributed by atoms with Crippen LogP contribution in [0.25, 0.3) is 10.2 Å². The second kappa shape index (κ2) is 8.99. The van der Waals surface area contributed by atoms with Gasteiger partial charge in [-0.25, -0.2) is 4.98 Å². The molecule has 0 spiro atoms. The van der Waals surface area contributed by atoms with Gasteiger partial charge in [0.05, 0.1) is 27.6 Å². The van der Waals surface area contributed by atoms with Gasteiger partial charge in [0.15, 0.2) is 0 Å². The molecule has 1 aliphatic rings. The van der Waals surface area contributed by atoms with E-state index in [1.165, 1.54) is 28.6 Å². The van der Waals surface area contributed by atoms with Gasteiger partial charge in [-0.15, -0.1) is 23.1 Å². The summed E-state index contributed by atoms with van der Waals surface area (Å²) in [7, 11) is 3.83. The summed E-state index contributed by atoms with van der Waals surface area (Å²) in [5.74, 6) is 1.22. The summed E-state index contributed by atoms with van der Waals surface area (Å²) in [5.41, 5.74) is 2.68. The molecule has 0 fully saturated rings. The number of fused-ring (bicyclic) bond motifs is 3. The van der Waals surface area contributed by atoms with Crippen molar-refractivity contribution >= 4 is 62.2 Å². The third-order valence-electron chi connectivity index (χ3n) is 5.06. The van der Waals surface area contributed by atoms with Crippen molar-refractivity contribution in [3.8, 4) is 0 Å². The average Bonchev–Trinajstić information content (AvgIpc) is 3.06. The second-order valence-corrected chi connectivity index (χ2v) is 9.98. The van der Waals surface area contributed by atoms with E-state index in [9.17, 15) is 9.59 Å². The number of thiophene rings is 1. The Bertz CT molecular complexity index is 1160. The number of anilines is 2. The molecule has 0 atom stereocenters. The summed E-state index contributed by atoms with van der Waals surface area (Å²) in [5, 5.41) is 4.20. The summed E-state index contributed by atoms with van der Waals surface area (Å²) in [6.07, 6.45) is 4.32. The molecule has 1 amide bonds. The van der Waals surface area contributed by atoms with Crippen molar-refractivity contribution in [3.05, 3.63) is 49.8 Å². The number of aryl methyl sites for hydroxylation is 2. The summed E-state index contributed by atoms with van der Waals surface area (Å²) in [4.78, 5) is 36.4. The van der Waals surface area contributed by atoms with Crippen molar-refractivity contribution in [1.82, 2.24) is 9.97 Å². The quantitative estimate of drug-likeness (QED) is 0.565. The number of nitrogens with one attached hydrogen (secondary N) is 2. The van der Waals surface area contributed by atoms with Crippen LogP contribution in [0.1, 0.15) is 29.1 Å². The van der Waals surface area contributed by atoms with E-state index in [4.69, 9.17) is 11.6 Å². The molecular formula is C21H23ClN4O2S2. The molecule has 3 aromatic rings. The van der Waals surface area contributed by atoms with Crippen LogP contribution in [0.15, 0.2) is 23.0 Å². The van der Waals surface area contributed by atoms with E-state index < -0.39 is 0 Å². The maximum Gasteiger partial charge on any atom is 0.259 e. The van der Waals surface area contributed by atoms with Gasteiger partial charge in [0.25, 0.3) is 5.56 Å². The number of thioether (sulfide) groups is 1. The Kier molecular flexibility index (Phi) is 6.36. The SMILES string of the molecule is CN(C)c1ccc(NC(=O)CSCc2nc3sc4c(c3c(=O)[nH]2)CCCC4)cc1Cl. The molecule has 0 saturated heterocycles. The number of carbonyl (C=O) groups excluding carboxylic acids is 1. The van der Waals surface area contributed by atoms with Crippen LogP contribution in [0.3, 0.4) is 0 Å². The predicted octanol–water partition coefficient (Wildman–Crippen LogP) is 4.45. The molecule has 2 aromatic heterocycles. The second-order valence-electron chi connectivity index (χ2n) is 7.51.